The van der Waals surface area contributed by atoms with Gasteiger partial charge in [0.25, 0.3) is 5.60 Å². The molecule has 4 aliphatic carbocycles. The summed E-state index contributed by atoms with van der Waals surface area (Å²) in [6.45, 7) is 8.19. The number of aliphatic hydroxyl groups is 1. The van der Waals surface area contributed by atoms with Crippen molar-refractivity contribution in [2.75, 3.05) is 0 Å². The van der Waals surface area contributed by atoms with Crippen molar-refractivity contribution in [2.45, 2.75) is 109 Å². The molecular formula is C28H39F9O3. The largest absolute Gasteiger partial charge is 0.459 e. The second-order valence-corrected chi connectivity index (χ2v) is 14.0. The highest BCUT2D eigenvalue weighted by Crippen LogP contribution is 2.70. The first-order valence-corrected chi connectivity index (χ1v) is 14.1. The summed E-state index contributed by atoms with van der Waals surface area (Å²) < 4.78 is 130. The molecule has 0 aromatic rings. The van der Waals surface area contributed by atoms with Gasteiger partial charge in [0, 0.05) is 0 Å². The Morgan fingerprint density at radius 1 is 0.875 bits per heavy atom. The molecule has 4 saturated carbocycles. The highest BCUT2D eigenvalue weighted by atomic mass is 19.4. The fourth-order valence-corrected chi connectivity index (χ4v) is 9.38. The molecule has 10 unspecified atom stereocenters. The topological polar surface area (TPSA) is 46.5 Å². The van der Waals surface area contributed by atoms with E-state index in [-0.39, 0.29) is 48.9 Å². The molecule has 0 spiro atoms. The van der Waals surface area contributed by atoms with Gasteiger partial charge in [-0.15, -0.1) is 0 Å². The first kappa shape index (κ1) is 31.7. The number of ether oxygens (including phenoxy) is 1. The molecule has 1 N–H and O–H groups in total. The van der Waals surface area contributed by atoms with Crippen molar-refractivity contribution < 1.29 is 54.2 Å². The van der Waals surface area contributed by atoms with Crippen molar-refractivity contribution in [1.82, 2.24) is 0 Å². The minimum Gasteiger partial charge on any atom is -0.459 e. The minimum atomic E-state index is -5.88. The molecule has 0 heterocycles. The van der Waals surface area contributed by atoms with E-state index in [2.05, 4.69) is 0 Å². The van der Waals surface area contributed by atoms with Crippen LogP contribution < -0.4 is 0 Å². The zero-order chi connectivity index (χ0) is 30.4. The van der Waals surface area contributed by atoms with Gasteiger partial charge in [-0.3, -0.25) is 4.79 Å². The maximum absolute atomic E-state index is 14.7. The van der Waals surface area contributed by atoms with Gasteiger partial charge >= 0.3 is 24.5 Å². The predicted molar refractivity (Wildman–Crippen MR) is 126 cm³/mol. The highest BCUT2D eigenvalue weighted by Gasteiger charge is 2.75. The van der Waals surface area contributed by atoms with Crippen molar-refractivity contribution in [1.29, 1.82) is 0 Å². The Morgan fingerprint density at radius 2 is 1.45 bits per heavy atom. The van der Waals surface area contributed by atoms with Gasteiger partial charge in [-0.2, -0.15) is 39.5 Å². The van der Waals surface area contributed by atoms with Crippen molar-refractivity contribution in [2.24, 2.45) is 58.7 Å². The van der Waals surface area contributed by atoms with Gasteiger partial charge in [0.1, 0.15) is 5.60 Å². The summed E-state index contributed by atoms with van der Waals surface area (Å²) in [5.74, 6) is -5.29. The van der Waals surface area contributed by atoms with Gasteiger partial charge in [0.05, 0.1) is 0 Å². The molecule has 0 amide bonds. The van der Waals surface area contributed by atoms with Crippen LogP contribution in [0.4, 0.5) is 39.5 Å². The van der Waals surface area contributed by atoms with Crippen molar-refractivity contribution in [3.63, 3.8) is 0 Å². The molecular weight excluding hydrogens is 555 g/mol. The zero-order valence-electron chi connectivity index (χ0n) is 23.3. The molecule has 3 nitrogen and oxygen atoms in total. The molecule has 4 rings (SSSR count). The number of hydrogen-bond donors (Lipinski definition) is 1. The zero-order valence-corrected chi connectivity index (χ0v) is 23.3. The van der Waals surface area contributed by atoms with Crippen LogP contribution in [0.25, 0.3) is 0 Å². The maximum atomic E-state index is 14.7. The van der Waals surface area contributed by atoms with E-state index in [9.17, 15) is 49.4 Å². The predicted octanol–water partition coefficient (Wildman–Crippen LogP) is 8.10. The number of esters is 1. The van der Waals surface area contributed by atoms with Gasteiger partial charge in [0.15, 0.2) is 5.41 Å². The third-order valence-electron chi connectivity index (χ3n) is 11.0. The number of rotatable bonds is 6. The number of carbonyl (C=O) groups is 1. The van der Waals surface area contributed by atoms with Crippen LogP contribution in [0.3, 0.4) is 0 Å². The summed E-state index contributed by atoms with van der Waals surface area (Å²) in [5.41, 5.74) is -8.54. The van der Waals surface area contributed by atoms with Crippen LogP contribution in [0.2, 0.25) is 0 Å². The Hall–Kier alpha value is -1.20. The summed E-state index contributed by atoms with van der Waals surface area (Å²) in [4.78, 5) is 13.2. The average molecular weight is 595 g/mol. The monoisotopic (exact) mass is 594 g/mol. The Labute approximate surface area is 228 Å². The summed E-state index contributed by atoms with van der Waals surface area (Å²) in [7, 11) is 0. The minimum absolute atomic E-state index is 0.0504. The maximum Gasteiger partial charge on any atom is 0.426 e. The van der Waals surface area contributed by atoms with E-state index in [0.29, 0.717) is 19.3 Å². The molecule has 232 valence electrons. The van der Waals surface area contributed by atoms with E-state index in [1.165, 1.54) is 20.8 Å². The number of alkyl halides is 9. The number of hydrogen-bond acceptors (Lipinski definition) is 3. The number of fused-ring (bicyclic) bond motifs is 4. The Morgan fingerprint density at radius 3 is 1.90 bits per heavy atom. The average Bonchev–Trinajstić information content (AvgIpc) is 3.50. The lowest BCUT2D eigenvalue weighted by Crippen LogP contribution is -2.58. The second kappa shape index (κ2) is 9.66. The highest BCUT2D eigenvalue weighted by molar-refractivity contribution is 5.79. The summed E-state index contributed by atoms with van der Waals surface area (Å²) in [6.07, 6.45) is -16.7. The molecule has 4 fully saturated rings. The molecule has 4 bridgehead atoms. The lowest BCUT2D eigenvalue weighted by molar-refractivity contribution is -0.373. The van der Waals surface area contributed by atoms with Crippen LogP contribution in [-0.4, -0.2) is 40.8 Å². The van der Waals surface area contributed by atoms with E-state index in [0.717, 1.165) is 0 Å². The quantitative estimate of drug-likeness (QED) is 0.250. The molecule has 0 aliphatic heterocycles. The molecule has 4 aliphatic rings. The molecule has 40 heavy (non-hydrogen) atoms. The van der Waals surface area contributed by atoms with Crippen LogP contribution in [-0.2, 0) is 9.53 Å². The first-order chi connectivity index (χ1) is 18.0. The van der Waals surface area contributed by atoms with Gasteiger partial charge in [-0.25, -0.2) is 0 Å². The Kier molecular flexibility index (Phi) is 7.66. The van der Waals surface area contributed by atoms with Crippen LogP contribution >= 0.6 is 0 Å². The fourth-order valence-electron chi connectivity index (χ4n) is 9.38. The lowest BCUT2D eigenvalue weighted by Gasteiger charge is -2.47. The summed E-state index contributed by atoms with van der Waals surface area (Å²) >= 11 is 0. The van der Waals surface area contributed by atoms with Gasteiger partial charge < -0.3 is 9.84 Å². The van der Waals surface area contributed by atoms with Crippen molar-refractivity contribution >= 4 is 5.97 Å². The van der Waals surface area contributed by atoms with E-state index >= 15 is 0 Å². The van der Waals surface area contributed by atoms with Crippen LogP contribution in [0.1, 0.15) is 79.6 Å². The van der Waals surface area contributed by atoms with E-state index in [1.54, 1.807) is 6.92 Å². The molecule has 0 radical (unpaired) electrons. The smallest absolute Gasteiger partial charge is 0.426 e. The van der Waals surface area contributed by atoms with E-state index in [4.69, 9.17) is 4.74 Å². The summed E-state index contributed by atoms with van der Waals surface area (Å²) in [6, 6.07) is 0. The normalized spacial score (nSPS) is 40.2. The first-order valence-electron chi connectivity index (χ1n) is 14.1. The third-order valence-corrected chi connectivity index (χ3v) is 11.0. The SMILES string of the molecule is CCC1C2CC(C1CC1C3CC(CC(O)(C(F)(F)F)C(F)(F)F)C(C3)C1C)C(C(=O)OC(C)(C)C)(C(F)(F)F)C2. The van der Waals surface area contributed by atoms with Crippen LogP contribution in [0, 0.1) is 58.7 Å². The Balaban J connectivity index is 1.56. The third kappa shape index (κ3) is 4.83. The molecule has 0 aromatic carbocycles. The van der Waals surface area contributed by atoms with Crippen LogP contribution in [0.15, 0.2) is 0 Å². The fraction of sp³-hybridized carbons (Fsp3) is 0.964. The van der Waals surface area contributed by atoms with Crippen molar-refractivity contribution in [3.8, 4) is 0 Å². The standard InChI is InChI=1S/C28H39F9O3/c1-6-17-16-9-21(24(11-16,26(29,30)31)22(38)40-23(3,4)5)20(17)10-19-13(2)18-8-14(19)7-15(18)12-25(39,27(32,33)34)28(35,36)37/h13-21,39H,6-12H2,1-5H3. The van der Waals surface area contributed by atoms with Gasteiger partial charge in [-0.05, 0) is 113 Å². The lowest BCUT2D eigenvalue weighted by atomic mass is 9.59. The van der Waals surface area contributed by atoms with Gasteiger partial charge in [0.2, 0.25) is 0 Å². The Bertz CT molecular complexity index is 950. The van der Waals surface area contributed by atoms with E-state index in [1.807, 2.05) is 6.92 Å². The number of halogens is 9. The summed E-state index contributed by atoms with van der Waals surface area (Å²) in [5, 5.41) is 9.76. The second-order valence-electron chi connectivity index (χ2n) is 14.0. The van der Waals surface area contributed by atoms with Crippen LogP contribution in [0.5, 0.6) is 0 Å². The number of carbonyl (C=O) groups excluding carboxylic acids is 1. The van der Waals surface area contributed by atoms with E-state index < -0.39 is 71.2 Å². The molecule has 0 saturated heterocycles. The molecule has 0 aromatic heterocycles. The molecule has 10 atom stereocenters. The van der Waals surface area contributed by atoms with Crippen molar-refractivity contribution in [3.05, 3.63) is 0 Å². The van der Waals surface area contributed by atoms with Gasteiger partial charge in [-0.1, -0.05) is 20.3 Å². The molecule has 12 heteroatoms.